The number of sulfonamides is 1. The number of H-pyrrole nitrogens is 1. The summed E-state index contributed by atoms with van der Waals surface area (Å²) < 4.78 is 24.4. The van der Waals surface area contributed by atoms with Gasteiger partial charge in [0.15, 0.2) is 0 Å². The number of carbonyl (C=O) groups is 1. The topological polar surface area (TPSA) is 82.3 Å². The van der Waals surface area contributed by atoms with Crippen LogP contribution in [0.25, 0.3) is 10.9 Å². The molecule has 1 fully saturated rings. The highest BCUT2D eigenvalue weighted by atomic mass is 32.2. The number of amides is 1. The molecule has 1 aromatic heterocycles. The van der Waals surface area contributed by atoms with E-state index in [1.165, 1.54) is 10.6 Å². The third-order valence-corrected chi connectivity index (χ3v) is 5.62. The van der Waals surface area contributed by atoms with E-state index in [0.717, 1.165) is 16.5 Å². The molecule has 6 nitrogen and oxygen atoms in total. The van der Waals surface area contributed by atoms with Gasteiger partial charge in [-0.05, 0) is 24.5 Å². The average molecular weight is 335 g/mol. The van der Waals surface area contributed by atoms with Crippen LogP contribution in [0.1, 0.15) is 18.4 Å². The molecule has 7 heteroatoms. The predicted octanol–water partition coefficient (Wildman–Crippen LogP) is 1.25. The number of nitrogens with zero attached hydrogens (tertiary/aromatic N) is 1. The maximum absolute atomic E-state index is 12.2. The molecule has 23 heavy (non-hydrogen) atoms. The molecule has 2 aromatic rings. The standard InChI is InChI=1S/C16H21N3O3S/c1-23(21,22)19-8-6-13(7-9-19)18-16(20)10-12-11-17-15-5-3-2-4-14(12)15/h2-5,11,13,17H,6-10H2,1H3,(H,18,20). The number of aromatic nitrogens is 1. The molecular formula is C16H21N3O3S. The van der Waals surface area contributed by atoms with Crippen LogP contribution in [-0.4, -0.2) is 49.0 Å². The number of hydrogen-bond acceptors (Lipinski definition) is 3. The van der Waals surface area contributed by atoms with Crippen LogP contribution in [0.15, 0.2) is 30.5 Å². The summed E-state index contributed by atoms with van der Waals surface area (Å²) >= 11 is 0. The summed E-state index contributed by atoms with van der Waals surface area (Å²) in [5, 5.41) is 4.08. The van der Waals surface area contributed by atoms with Gasteiger partial charge in [-0.15, -0.1) is 0 Å². The van der Waals surface area contributed by atoms with Crippen LogP contribution in [-0.2, 0) is 21.2 Å². The van der Waals surface area contributed by atoms with Gasteiger partial charge in [-0.1, -0.05) is 18.2 Å². The number of benzene rings is 1. The SMILES string of the molecule is CS(=O)(=O)N1CCC(NC(=O)Cc2c[nH]c3ccccc23)CC1. The van der Waals surface area contributed by atoms with Crippen LogP contribution in [0.5, 0.6) is 0 Å². The van der Waals surface area contributed by atoms with Gasteiger partial charge in [-0.25, -0.2) is 12.7 Å². The number of hydrogen-bond donors (Lipinski definition) is 2. The molecule has 124 valence electrons. The molecule has 1 aliphatic rings. The summed E-state index contributed by atoms with van der Waals surface area (Å²) in [5.74, 6) is -0.0208. The molecule has 1 aromatic carbocycles. The average Bonchev–Trinajstić information content (AvgIpc) is 2.90. The number of piperidine rings is 1. The zero-order chi connectivity index (χ0) is 16.4. The summed E-state index contributed by atoms with van der Waals surface area (Å²) in [4.78, 5) is 15.4. The number of aromatic amines is 1. The molecule has 0 bridgehead atoms. The molecule has 0 atom stereocenters. The van der Waals surface area contributed by atoms with Crippen LogP contribution in [0.4, 0.5) is 0 Å². The van der Waals surface area contributed by atoms with Gasteiger partial charge in [0.05, 0.1) is 12.7 Å². The largest absolute Gasteiger partial charge is 0.361 e. The van der Waals surface area contributed by atoms with Crippen molar-refractivity contribution < 1.29 is 13.2 Å². The van der Waals surface area contributed by atoms with Crippen molar-refractivity contribution in [2.24, 2.45) is 0 Å². The zero-order valence-electron chi connectivity index (χ0n) is 13.1. The van der Waals surface area contributed by atoms with Crippen LogP contribution in [0.2, 0.25) is 0 Å². The summed E-state index contributed by atoms with van der Waals surface area (Å²) in [5.41, 5.74) is 2.00. The molecule has 0 saturated carbocycles. The second kappa shape index (κ2) is 6.33. The summed E-state index contributed by atoms with van der Waals surface area (Å²) in [6.07, 6.45) is 4.75. The second-order valence-electron chi connectivity index (χ2n) is 6.04. The van der Waals surface area contributed by atoms with Crippen molar-refractivity contribution in [2.75, 3.05) is 19.3 Å². The Morgan fingerprint density at radius 1 is 1.30 bits per heavy atom. The maximum Gasteiger partial charge on any atom is 0.224 e. The third kappa shape index (κ3) is 3.73. The molecule has 0 aliphatic carbocycles. The van der Waals surface area contributed by atoms with E-state index in [1.807, 2.05) is 30.5 Å². The van der Waals surface area contributed by atoms with Gasteiger partial charge in [0, 0.05) is 36.2 Å². The minimum atomic E-state index is -3.13. The first-order valence-electron chi connectivity index (χ1n) is 7.73. The van der Waals surface area contributed by atoms with E-state index >= 15 is 0 Å². The third-order valence-electron chi connectivity index (χ3n) is 4.31. The van der Waals surface area contributed by atoms with E-state index in [-0.39, 0.29) is 11.9 Å². The van der Waals surface area contributed by atoms with E-state index < -0.39 is 10.0 Å². The van der Waals surface area contributed by atoms with E-state index in [0.29, 0.717) is 32.4 Å². The highest BCUT2D eigenvalue weighted by Gasteiger charge is 2.25. The molecule has 0 spiro atoms. The van der Waals surface area contributed by atoms with Gasteiger partial charge < -0.3 is 10.3 Å². The molecule has 1 aliphatic heterocycles. The Kier molecular flexibility index (Phi) is 4.41. The lowest BCUT2D eigenvalue weighted by Gasteiger charge is -2.30. The molecule has 1 amide bonds. The number of nitrogens with one attached hydrogen (secondary N) is 2. The van der Waals surface area contributed by atoms with Crippen LogP contribution in [0.3, 0.4) is 0 Å². The van der Waals surface area contributed by atoms with Gasteiger partial charge in [-0.3, -0.25) is 4.79 Å². The minimum Gasteiger partial charge on any atom is -0.361 e. The lowest BCUT2D eigenvalue weighted by Crippen LogP contribution is -2.46. The van der Waals surface area contributed by atoms with E-state index in [4.69, 9.17) is 0 Å². The Morgan fingerprint density at radius 3 is 2.70 bits per heavy atom. The highest BCUT2D eigenvalue weighted by molar-refractivity contribution is 7.88. The fourth-order valence-electron chi connectivity index (χ4n) is 3.06. The van der Waals surface area contributed by atoms with Crippen molar-refractivity contribution in [2.45, 2.75) is 25.3 Å². The Bertz CT molecular complexity index is 805. The van der Waals surface area contributed by atoms with Crippen molar-refractivity contribution in [1.29, 1.82) is 0 Å². The van der Waals surface area contributed by atoms with Gasteiger partial charge in [0.1, 0.15) is 0 Å². The molecule has 2 N–H and O–H groups in total. The number of carbonyl (C=O) groups excluding carboxylic acids is 1. The molecular weight excluding hydrogens is 314 g/mol. The summed E-state index contributed by atoms with van der Waals surface area (Å²) in [6.45, 7) is 0.938. The summed E-state index contributed by atoms with van der Waals surface area (Å²) in [7, 11) is -3.13. The Morgan fingerprint density at radius 2 is 2.00 bits per heavy atom. The van der Waals surface area contributed by atoms with Gasteiger partial charge in [0.25, 0.3) is 0 Å². The first-order chi connectivity index (χ1) is 10.9. The van der Waals surface area contributed by atoms with Crippen molar-refractivity contribution in [3.8, 4) is 0 Å². The number of rotatable bonds is 4. The molecule has 0 unspecified atom stereocenters. The smallest absolute Gasteiger partial charge is 0.224 e. The zero-order valence-corrected chi connectivity index (χ0v) is 13.9. The lowest BCUT2D eigenvalue weighted by atomic mass is 10.1. The van der Waals surface area contributed by atoms with Crippen molar-refractivity contribution in [3.05, 3.63) is 36.0 Å². The van der Waals surface area contributed by atoms with E-state index in [2.05, 4.69) is 10.3 Å². The Labute approximate surface area is 135 Å². The Balaban J connectivity index is 1.56. The van der Waals surface area contributed by atoms with Gasteiger partial charge >= 0.3 is 0 Å². The van der Waals surface area contributed by atoms with Crippen molar-refractivity contribution in [1.82, 2.24) is 14.6 Å². The first kappa shape index (κ1) is 16.0. The van der Waals surface area contributed by atoms with Gasteiger partial charge in [-0.2, -0.15) is 0 Å². The predicted molar refractivity (Wildman–Crippen MR) is 89.6 cm³/mol. The minimum absolute atomic E-state index is 0.0208. The van der Waals surface area contributed by atoms with Gasteiger partial charge in [0.2, 0.25) is 15.9 Å². The number of fused-ring (bicyclic) bond motifs is 1. The monoisotopic (exact) mass is 335 g/mol. The lowest BCUT2D eigenvalue weighted by molar-refractivity contribution is -0.121. The van der Waals surface area contributed by atoms with Crippen LogP contribution < -0.4 is 5.32 Å². The van der Waals surface area contributed by atoms with Crippen LogP contribution >= 0.6 is 0 Å². The van der Waals surface area contributed by atoms with E-state index in [1.54, 1.807) is 0 Å². The van der Waals surface area contributed by atoms with Crippen LogP contribution in [0, 0.1) is 0 Å². The highest BCUT2D eigenvalue weighted by Crippen LogP contribution is 2.18. The second-order valence-corrected chi connectivity index (χ2v) is 8.02. The van der Waals surface area contributed by atoms with Crippen molar-refractivity contribution in [3.63, 3.8) is 0 Å². The molecule has 2 heterocycles. The quantitative estimate of drug-likeness (QED) is 0.882. The van der Waals surface area contributed by atoms with Crippen molar-refractivity contribution >= 4 is 26.8 Å². The fraction of sp³-hybridized carbons (Fsp3) is 0.438. The molecule has 3 rings (SSSR count). The van der Waals surface area contributed by atoms with E-state index in [9.17, 15) is 13.2 Å². The first-order valence-corrected chi connectivity index (χ1v) is 9.58. The maximum atomic E-state index is 12.2. The molecule has 0 radical (unpaired) electrons. The fourth-order valence-corrected chi connectivity index (χ4v) is 3.94. The Hall–Kier alpha value is -1.86. The molecule has 1 saturated heterocycles. The summed E-state index contributed by atoms with van der Waals surface area (Å²) in [6, 6.07) is 7.94. The normalized spacial score (nSPS) is 17.4. The number of para-hydroxylation sites is 1.